The van der Waals surface area contributed by atoms with Crippen LogP contribution in [-0.4, -0.2) is 18.8 Å². The summed E-state index contributed by atoms with van der Waals surface area (Å²) in [5.41, 5.74) is 1.00. The van der Waals surface area contributed by atoms with Gasteiger partial charge in [0, 0.05) is 0 Å². The lowest BCUT2D eigenvalue weighted by atomic mass is 10.0. The van der Waals surface area contributed by atoms with Gasteiger partial charge in [-0.25, -0.2) is 0 Å². The normalized spacial score (nSPS) is 14.6. The molecule has 0 saturated carbocycles. The fourth-order valence-electron chi connectivity index (χ4n) is 1.52. The fourth-order valence-corrected chi connectivity index (χ4v) is 1.52. The molecular formula is C10H9NO3. The minimum atomic E-state index is -0.268. The third-order valence-electron chi connectivity index (χ3n) is 2.12. The lowest BCUT2D eigenvalue weighted by Crippen LogP contribution is -2.24. The summed E-state index contributed by atoms with van der Waals surface area (Å²) < 4.78 is 5.05. The van der Waals surface area contributed by atoms with Crippen molar-refractivity contribution in [3.05, 3.63) is 23.8 Å². The zero-order chi connectivity index (χ0) is 10.1. The quantitative estimate of drug-likeness (QED) is 0.679. The molecule has 4 nitrogen and oxygen atoms in total. The predicted molar refractivity (Wildman–Crippen MR) is 50.6 cm³/mol. The number of anilines is 1. The molecule has 2 rings (SSSR count). The van der Waals surface area contributed by atoms with Gasteiger partial charge in [0.1, 0.15) is 5.75 Å². The zero-order valence-corrected chi connectivity index (χ0v) is 7.66. The van der Waals surface area contributed by atoms with Crippen molar-refractivity contribution in [3.63, 3.8) is 0 Å². The number of nitrogens with one attached hydrogen (secondary N) is 1. The van der Waals surface area contributed by atoms with Crippen LogP contribution in [0.15, 0.2) is 18.2 Å². The van der Waals surface area contributed by atoms with Gasteiger partial charge in [0.25, 0.3) is 0 Å². The van der Waals surface area contributed by atoms with Crippen LogP contribution in [0.5, 0.6) is 5.75 Å². The number of benzene rings is 1. The van der Waals surface area contributed by atoms with Gasteiger partial charge in [0.15, 0.2) is 5.78 Å². The van der Waals surface area contributed by atoms with E-state index in [9.17, 15) is 9.59 Å². The summed E-state index contributed by atoms with van der Waals surface area (Å²) in [5.74, 6) is 0.0458. The molecule has 1 aromatic carbocycles. The second kappa shape index (κ2) is 3.14. The van der Waals surface area contributed by atoms with E-state index in [4.69, 9.17) is 4.74 Å². The maximum atomic E-state index is 11.5. The molecule has 1 aliphatic rings. The van der Waals surface area contributed by atoms with Crippen molar-refractivity contribution in [2.45, 2.75) is 6.42 Å². The third kappa shape index (κ3) is 1.25. The number of methoxy groups -OCH3 is 1. The van der Waals surface area contributed by atoms with E-state index in [1.807, 2.05) is 0 Å². The Bertz CT molecular complexity index is 412. The molecule has 14 heavy (non-hydrogen) atoms. The molecule has 72 valence electrons. The van der Waals surface area contributed by atoms with Crippen molar-refractivity contribution < 1.29 is 14.3 Å². The lowest BCUT2D eigenvalue weighted by molar-refractivity contribution is -0.115. The molecule has 0 aliphatic carbocycles. The first-order chi connectivity index (χ1) is 6.72. The van der Waals surface area contributed by atoms with Gasteiger partial charge in [-0.3, -0.25) is 9.59 Å². The van der Waals surface area contributed by atoms with Gasteiger partial charge in [-0.2, -0.15) is 0 Å². The van der Waals surface area contributed by atoms with E-state index in [0.29, 0.717) is 17.0 Å². The molecule has 1 amide bonds. The highest BCUT2D eigenvalue weighted by molar-refractivity contribution is 6.19. The smallest absolute Gasteiger partial charge is 0.232 e. The van der Waals surface area contributed by atoms with Crippen molar-refractivity contribution in [1.29, 1.82) is 0 Å². The largest absolute Gasteiger partial charge is 0.496 e. The highest BCUT2D eigenvalue weighted by Gasteiger charge is 2.25. The van der Waals surface area contributed by atoms with E-state index in [1.54, 1.807) is 18.2 Å². The summed E-state index contributed by atoms with van der Waals surface area (Å²) in [6.07, 6.45) is -0.104. The highest BCUT2D eigenvalue weighted by atomic mass is 16.5. The van der Waals surface area contributed by atoms with Crippen LogP contribution in [0.4, 0.5) is 5.69 Å². The Kier molecular flexibility index (Phi) is 1.96. The SMILES string of the molecule is COc1cccc2c1C(=O)CC(=O)N2. The molecule has 0 spiro atoms. The number of ketones is 1. The topological polar surface area (TPSA) is 55.4 Å². The number of carbonyl (C=O) groups is 2. The van der Waals surface area contributed by atoms with Crippen LogP contribution >= 0.6 is 0 Å². The molecule has 1 aromatic rings. The number of hydrogen-bond donors (Lipinski definition) is 1. The van der Waals surface area contributed by atoms with Gasteiger partial charge in [-0.05, 0) is 12.1 Å². The van der Waals surface area contributed by atoms with Gasteiger partial charge < -0.3 is 10.1 Å². The van der Waals surface area contributed by atoms with Crippen LogP contribution in [0, 0.1) is 0 Å². The Morgan fingerprint density at radius 3 is 2.86 bits per heavy atom. The van der Waals surface area contributed by atoms with Crippen LogP contribution in [-0.2, 0) is 4.79 Å². The summed E-state index contributed by atoms with van der Waals surface area (Å²) in [5, 5.41) is 2.63. The van der Waals surface area contributed by atoms with Crippen molar-refractivity contribution >= 4 is 17.4 Å². The molecule has 0 aromatic heterocycles. The third-order valence-corrected chi connectivity index (χ3v) is 2.12. The lowest BCUT2D eigenvalue weighted by Gasteiger charge is -2.17. The van der Waals surface area contributed by atoms with Gasteiger partial charge in [-0.1, -0.05) is 6.07 Å². The minimum absolute atomic E-state index is 0.104. The first-order valence-corrected chi connectivity index (χ1v) is 4.22. The first kappa shape index (κ1) is 8.74. The maximum absolute atomic E-state index is 11.5. The molecular weight excluding hydrogens is 182 g/mol. The van der Waals surface area contributed by atoms with E-state index < -0.39 is 0 Å². The number of ether oxygens (including phenoxy) is 1. The van der Waals surface area contributed by atoms with Crippen molar-refractivity contribution in [2.75, 3.05) is 12.4 Å². The van der Waals surface area contributed by atoms with Crippen LogP contribution in [0.3, 0.4) is 0 Å². The van der Waals surface area contributed by atoms with Gasteiger partial charge in [-0.15, -0.1) is 0 Å². The Morgan fingerprint density at radius 1 is 1.36 bits per heavy atom. The standard InChI is InChI=1S/C10H9NO3/c1-14-8-4-2-3-6-10(8)7(12)5-9(13)11-6/h2-4H,5H2,1H3,(H,11,13). The van der Waals surface area contributed by atoms with Crippen LogP contribution in [0.1, 0.15) is 16.8 Å². The second-order valence-corrected chi connectivity index (χ2v) is 3.03. The van der Waals surface area contributed by atoms with E-state index in [-0.39, 0.29) is 18.1 Å². The van der Waals surface area contributed by atoms with Gasteiger partial charge in [0.05, 0.1) is 24.8 Å². The average Bonchev–Trinajstić information content (AvgIpc) is 2.16. The Labute approximate surface area is 80.9 Å². The Morgan fingerprint density at radius 2 is 2.14 bits per heavy atom. The molecule has 1 heterocycles. The Hall–Kier alpha value is -1.84. The van der Waals surface area contributed by atoms with E-state index in [0.717, 1.165) is 0 Å². The minimum Gasteiger partial charge on any atom is -0.496 e. The van der Waals surface area contributed by atoms with Crippen molar-refractivity contribution in [3.8, 4) is 5.75 Å². The molecule has 0 fully saturated rings. The predicted octanol–water partition coefficient (Wildman–Crippen LogP) is 1.22. The van der Waals surface area contributed by atoms with Crippen molar-refractivity contribution in [1.82, 2.24) is 0 Å². The molecule has 0 atom stereocenters. The molecule has 0 radical (unpaired) electrons. The monoisotopic (exact) mass is 191 g/mol. The summed E-state index contributed by atoms with van der Waals surface area (Å²) in [4.78, 5) is 22.6. The molecule has 0 bridgehead atoms. The second-order valence-electron chi connectivity index (χ2n) is 3.03. The maximum Gasteiger partial charge on any atom is 0.232 e. The summed E-state index contributed by atoms with van der Waals surface area (Å²) in [6, 6.07) is 5.12. The van der Waals surface area contributed by atoms with Crippen LogP contribution in [0.2, 0.25) is 0 Å². The van der Waals surface area contributed by atoms with Gasteiger partial charge >= 0.3 is 0 Å². The molecule has 1 aliphatic heterocycles. The number of rotatable bonds is 1. The molecule has 4 heteroatoms. The van der Waals surface area contributed by atoms with E-state index >= 15 is 0 Å². The Balaban J connectivity index is 2.58. The van der Waals surface area contributed by atoms with Crippen LogP contribution < -0.4 is 10.1 Å². The first-order valence-electron chi connectivity index (χ1n) is 4.22. The number of hydrogen-bond acceptors (Lipinski definition) is 3. The van der Waals surface area contributed by atoms with E-state index in [2.05, 4.69) is 5.32 Å². The zero-order valence-electron chi connectivity index (χ0n) is 7.66. The summed E-state index contributed by atoms with van der Waals surface area (Å²) in [7, 11) is 1.50. The fraction of sp³-hybridized carbons (Fsp3) is 0.200. The highest BCUT2D eigenvalue weighted by Crippen LogP contribution is 2.30. The van der Waals surface area contributed by atoms with Gasteiger partial charge in [0.2, 0.25) is 5.91 Å². The number of amides is 1. The number of Topliss-reactive ketones (excluding diaryl/α,β-unsaturated/α-hetero) is 1. The van der Waals surface area contributed by atoms with Crippen LogP contribution in [0.25, 0.3) is 0 Å². The number of carbonyl (C=O) groups excluding carboxylic acids is 2. The summed E-state index contributed by atoms with van der Waals surface area (Å²) >= 11 is 0. The molecule has 0 saturated heterocycles. The van der Waals surface area contributed by atoms with Crippen molar-refractivity contribution in [2.24, 2.45) is 0 Å². The summed E-state index contributed by atoms with van der Waals surface area (Å²) in [6.45, 7) is 0. The molecule has 1 N–H and O–H groups in total. The molecule has 0 unspecified atom stereocenters. The van der Waals surface area contributed by atoms with E-state index in [1.165, 1.54) is 7.11 Å². The number of fused-ring (bicyclic) bond motifs is 1. The average molecular weight is 191 g/mol.